The van der Waals surface area contributed by atoms with Crippen molar-refractivity contribution >= 4 is 23.7 Å². The minimum Gasteiger partial charge on any atom is -0.480 e. The predicted octanol–water partition coefficient (Wildman–Crippen LogP) is 1.01. The van der Waals surface area contributed by atoms with Gasteiger partial charge in [-0.1, -0.05) is 13.8 Å². The molecule has 3 N–H and O–H groups in total. The molecule has 1 saturated heterocycles. The van der Waals surface area contributed by atoms with Gasteiger partial charge in [-0.05, 0) is 43.7 Å². The van der Waals surface area contributed by atoms with Crippen LogP contribution >= 0.6 is 0 Å². The van der Waals surface area contributed by atoms with Gasteiger partial charge in [-0.15, -0.1) is 0 Å². The fourth-order valence-electron chi connectivity index (χ4n) is 3.21. The number of aliphatic carboxylic acids is 1. The number of piperidine rings is 1. The van der Waals surface area contributed by atoms with Crippen molar-refractivity contribution in [2.24, 2.45) is 5.92 Å². The van der Waals surface area contributed by atoms with Crippen LogP contribution in [0.1, 0.15) is 50.1 Å². The second-order valence-electron chi connectivity index (χ2n) is 7.29. The maximum Gasteiger partial charge on any atom is 0.326 e. The predicted molar refractivity (Wildman–Crippen MR) is 99.4 cm³/mol. The lowest BCUT2D eigenvalue weighted by Gasteiger charge is -2.34. The Morgan fingerprint density at radius 2 is 2.04 bits per heavy atom. The number of likely N-dealkylation sites (tertiary alicyclic amines) is 1. The highest BCUT2D eigenvalue weighted by molar-refractivity contribution is 5.96. The van der Waals surface area contributed by atoms with E-state index in [0.29, 0.717) is 19.4 Å². The lowest BCUT2D eigenvalue weighted by molar-refractivity contribution is -0.142. The molecule has 1 aliphatic heterocycles. The van der Waals surface area contributed by atoms with Crippen molar-refractivity contribution in [3.05, 3.63) is 24.2 Å². The zero-order valence-electron chi connectivity index (χ0n) is 16.1. The number of carbonyl (C=O) groups excluding carboxylic acids is 3. The molecule has 0 spiro atoms. The normalized spacial score (nSPS) is 17.8. The molecule has 1 fully saturated rings. The third-order valence-corrected chi connectivity index (χ3v) is 4.56. The number of nitrogens with one attached hydrogen (secondary N) is 2. The van der Waals surface area contributed by atoms with E-state index in [0.717, 1.165) is 12.8 Å². The smallest absolute Gasteiger partial charge is 0.326 e. The topological polar surface area (TPSA) is 129 Å². The summed E-state index contributed by atoms with van der Waals surface area (Å²) in [5.41, 5.74) is 0. The highest BCUT2D eigenvalue weighted by atomic mass is 16.4. The van der Waals surface area contributed by atoms with Crippen molar-refractivity contribution in [1.29, 1.82) is 0 Å². The lowest BCUT2D eigenvalue weighted by atomic mass is 10.0. The van der Waals surface area contributed by atoms with Gasteiger partial charge in [0.2, 0.25) is 11.8 Å². The molecule has 9 heteroatoms. The third-order valence-electron chi connectivity index (χ3n) is 4.56. The van der Waals surface area contributed by atoms with Gasteiger partial charge in [-0.3, -0.25) is 14.4 Å². The van der Waals surface area contributed by atoms with Crippen LogP contribution in [-0.2, 0) is 14.4 Å². The first kappa shape index (κ1) is 21.5. The van der Waals surface area contributed by atoms with Gasteiger partial charge in [0.05, 0.1) is 12.8 Å². The van der Waals surface area contributed by atoms with Gasteiger partial charge in [0.25, 0.3) is 5.91 Å². The Bertz CT molecular complexity index is 701. The summed E-state index contributed by atoms with van der Waals surface area (Å²) in [6, 6.07) is 1.45. The Morgan fingerprint density at radius 3 is 2.64 bits per heavy atom. The summed E-state index contributed by atoms with van der Waals surface area (Å²) in [5, 5.41) is 14.1. The van der Waals surface area contributed by atoms with E-state index in [1.165, 1.54) is 11.2 Å². The number of rotatable bonds is 8. The molecule has 0 aromatic carbocycles. The number of carboxylic acids is 1. The van der Waals surface area contributed by atoms with Crippen LogP contribution in [0.5, 0.6) is 0 Å². The van der Waals surface area contributed by atoms with E-state index in [1.54, 1.807) is 12.1 Å². The van der Waals surface area contributed by atoms with E-state index < -0.39 is 29.9 Å². The zero-order chi connectivity index (χ0) is 20.7. The molecule has 1 unspecified atom stereocenters. The number of hydrogen-bond donors (Lipinski definition) is 3. The maximum atomic E-state index is 12.6. The molecular formula is C19H27N3O6. The third kappa shape index (κ3) is 5.83. The van der Waals surface area contributed by atoms with Crippen molar-refractivity contribution in [3.8, 4) is 0 Å². The van der Waals surface area contributed by atoms with Crippen molar-refractivity contribution in [1.82, 2.24) is 15.5 Å². The quantitative estimate of drug-likeness (QED) is 0.604. The molecule has 2 heterocycles. The lowest BCUT2D eigenvalue weighted by Crippen LogP contribution is -2.54. The van der Waals surface area contributed by atoms with Gasteiger partial charge in [0.1, 0.15) is 12.1 Å². The van der Waals surface area contributed by atoms with E-state index >= 15 is 0 Å². The average molecular weight is 393 g/mol. The van der Waals surface area contributed by atoms with Gasteiger partial charge in [-0.25, -0.2) is 4.79 Å². The van der Waals surface area contributed by atoms with Crippen LogP contribution in [0, 0.1) is 5.92 Å². The Hall–Kier alpha value is -2.84. The largest absolute Gasteiger partial charge is 0.480 e. The SMILES string of the molecule is CC(C)C[C@H](NC(=O)CNC(=O)C1CCCCN1C(=O)c1ccco1)C(=O)O. The van der Waals surface area contributed by atoms with Crippen molar-refractivity contribution in [2.75, 3.05) is 13.1 Å². The summed E-state index contributed by atoms with van der Waals surface area (Å²) in [5.74, 6) is -2.24. The van der Waals surface area contributed by atoms with E-state index in [9.17, 15) is 24.3 Å². The van der Waals surface area contributed by atoms with Crippen molar-refractivity contribution in [2.45, 2.75) is 51.6 Å². The molecule has 0 saturated carbocycles. The summed E-state index contributed by atoms with van der Waals surface area (Å²) in [6.07, 6.45) is 3.76. The summed E-state index contributed by atoms with van der Waals surface area (Å²) >= 11 is 0. The summed E-state index contributed by atoms with van der Waals surface area (Å²) in [4.78, 5) is 49.8. The second-order valence-corrected chi connectivity index (χ2v) is 7.29. The van der Waals surface area contributed by atoms with Crippen LogP contribution in [0.2, 0.25) is 0 Å². The molecule has 1 aromatic heterocycles. The molecule has 0 aliphatic carbocycles. The first-order valence-electron chi connectivity index (χ1n) is 9.44. The van der Waals surface area contributed by atoms with E-state index in [-0.39, 0.29) is 24.1 Å². The molecular weight excluding hydrogens is 366 g/mol. The molecule has 2 rings (SSSR count). The Morgan fingerprint density at radius 1 is 1.29 bits per heavy atom. The molecule has 9 nitrogen and oxygen atoms in total. The molecule has 154 valence electrons. The standard InChI is InChI=1S/C19H27N3O6/c1-12(2)10-13(19(26)27)21-16(23)11-20-17(24)14-6-3-4-8-22(14)18(25)15-7-5-9-28-15/h5,7,9,12-14H,3-4,6,8,10-11H2,1-2H3,(H,20,24)(H,21,23)(H,26,27)/t13-,14?/m0/s1. The van der Waals surface area contributed by atoms with Crippen molar-refractivity contribution < 1.29 is 28.7 Å². The second kappa shape index (κ2) is 9.91. The average Bonchev–Trinajstić information content (AvgIpc) is 3.19. The van der Waals surface area contributed by atoms with Gasteiger partial charge in [0, 0.05) is 6.54 Å². The van der Waals surface area contributed by atoms with Gasteiger partial charge in [0.15, 0.2) is 5.76 Å². The molecule has 28 heavy (non-hydrogen) atoms. The Balaban J connectivity index is 1.92. The number of amides is 3. The first-order valence-corrected chi connectivity index (χ1v) is 9.44. The van der Waals surface area contributed by atoms with Crippen LogP contribution in [0.3, 0.4) is 0 Å². The number of nitrogens with zero attached hydrogens (tertiary/aromatic N) is 1. The number of furan rings is 1. The number of hydrogen-bond acceptors (Lipinski definition) is 5. The molecule has 3 amide bonds. The molecule has 1 aromatic rings. The van der Waals surface area contributed by atoms with E-state index in [2.05, 4.69) is 10.6 Å². The van der Waals surface area contributed by atoms with Gasteiger partial charge >= 0.3 is 5.97 Å². The summed E-state index contributed by atoms with van der Waals surface area (Å²) in [7, 11) is 0. The zero-order valence-corrected chi connectivity index (χ0v) is 16.1. The molecule has 0 radical (unpaired) electrons. The van der Waals surface area contributed by atoms with Crippen LogP contribution in [0.15, 0.2) is 22.8 Å². The molecule has 2 atom stereocenters. The highest BCUT2D eigenvalue weighted by Gasteiger charge is 2.34. The molecule has 1 aliphatic rings. The van der Waals surface area contributed by atoms with E-state index in [1.807, 2.05) is 13.8 Å². The van der Waals surface area contributed by atoms with Gasteiger partial charge in [-0.2, -0.15) is 0 Å². The van der Waals surface area contributed by atoms with Crippen LogP contribution in [0.4, 0.5) is 0 Å². The minimum atomic E-state index is -1.11. The maximum absolute atomic E-state index is 12.6. The van der Waals surface area contributed by atoms with Crippen LogP contribution in [0.25, 0.3) is 0 Å². The fourth-order valence-corrected chi connectivity index (χ4v) is 3.21. The highest BCUT2D eigenvalue weighted by Crippen LogP contribution is 2.20. The van der Waals surface area contributed by atoms with Crippen molar-refractivity contribution in [3.63, 3.8) is 0 Å². The Labute approximate surface area is 163 Å². The van der Waals surface area contributed by atoms with Crippen LogP contribution < -0.4 is 10.6 Å². The van der Waals surface area contributed by atoms with Gasteiger partial charge < -0.3 is 25.1 Å². The van der Waals surface area contributed by atoms with E-state index in [4.69, 9.17) is 4.42 Å². The summed E-state index contributed by atoms with van der Waals surface area (Å²) < 4.78 is 5.13. The number of carboxylic acid groups (broad SMARTS) is 1. The Kier molecular flexibility index (Phi) is 7.60. The summed E-state index contributed by atoms with van der Waals surface area (Å²) in [6.45, 7) is 3.80. The number of carbonyl (C=O) groups is 4. The monoisotopic (exact) mass is 393 g/mol. The first-order chi connectivity index (χ1) is 13.3. The minimum absolute atomic E-state index is 0.0967. The molecule has 0 bridgehead atoms. The van der Waals surface area contributed by atoms with Crippen LogP contribution in [-0.4, -0.2) is 58.9 Å². The fraction of sp³-hybridized carbons (Fsp3) is 0.579.